The topological polar surface area (TPSA) is 127 Å². The maximum Gasteiger partial charge on any atom is 0.340 e. The molecule has 0 fully saturated rings. The van der Waals surface area contributed by atoms with Crippen LogP contribution in [0.3, 0.4) is 0 Å². The first-order valence-electron chi connectivity index (χ1n) is 7.74. The average molecular weight is 366 g/mol. The molecular weight excluding hydrogens is 344 g/mol. The Kier molecular flexibility index (Phi) is 5.81. The van der Waals surface area contributed by atoms with Crippen molar-refractivity contribution in [3.05, 3.63) is 34.4 Å². The number of benzene rings is 1. The summed E-state index contributed by atoms with van der Waals surface area (Å²) < 4.78 is 10.4. The van der Waals surface area contributed by atoms with Crippen LogP contribution < -0.4 is 0 Å². The number of hydrogen-bond donors (Lipinski definition) is 2. The van der Waals surface area contributed by atoms with Crippen LogP contribution in [0.4, 0.5) is 0 Å². The number of esters is 2. The molecule has 1 aromatic carbocycles. The summed E-state index contributed by atoms with van der Waals surface area (Å²) in [6.07, 6.45) is 0. The zero-order valence-corrected chi connectivity index (χ0v) is 15.5. The van der Waals surface area contributed by atoms with Gasteiger partial charge in [0.15, 0.2) is 0 Å². The van der Waals surface area contributed by atoms with Gasteiger partial charge in [0.25, 0.3) is 0 Å². The van der Waals surface area contributed by atoms with E-state index in [0.717, 1.165) is 12.1 Å². The molecule has 0 aliphatic carbocycles. The number of hydrogen-bond acceptors (Lipinski definition) is 6. The van der Waals surface area contributed by atoms with Crippen molar-refractivity contribution in [2.24, 2.45) is 0 Å². The second-order valence-electron chi connectivity index (χ2n) is 7.52. The van der Waals surface area contributed by atoms with Gasteiger partial charge in [0.05, 0.1) is 22.3 Å². The molecule has 0 bridgehead atoms. The molecule has 0 aromatic heterocycles. The number of carboxylic acid groups (broad SMARTS) is 2. The first-order chi connectivity index (χ1) is 11.6. The largest absolute Gasteiger partial charge is 0.478 e. The fourth-order valence-electron chi connectivity index (χ4n) is 2.05. The van der Waals surface area contributed by atoms with Crippen LogP contribution in [0.2, 0.25) is 0 Å². The lowest BCUT2D eigenvalue weighted by atomic mass is 9.95. The molecule has 142 valence electrons. The lowest BCUT2D eigenvalue weighted by Gasteiger charge is -2.23. The molecule has 0 atom stereocenters. The molecule has 0 spiro atoms. The van der Waals surface area contributed by atoms with E-state index in [1.54, 1.807) is 41.5 Å². The fourth-order valence-corrected chi connectivity index (χ4v) is 2.05. The van der Waals surface area contributed by atoms with Gasteiger partial charge in [-0.1, -0.05) is 0 Å². The van der Waals surface area contributed by atoms with Crippen LogP contribution in [0.1, 0.15) is 83.0 Å². The van der Waals surface area contributed by atoms with E-state index in [-0.39, 0.29) is 5.56 Å². The third-order valence-electron chi connectivity index (χ3n) is 2.87. The molecule has 26 heavy (non-hydrogen) atoms. The smallest absolute Gasteiger partial charge is 0.340 e. The molecule has 0 saturated heterocycles. The summed E-state index contributed by atoms with van der Waals surface area (Å²) in [5.41, 5.74) is -4.38. The molecule has 1 aromatic rings. The molecule has 8 nitrogen and oxygen atoms in total. The van der Waals surface area contributed by atoms with Gasteiger partial charge >= 0.3 is 23.9 Å². The number of aromatic carboxylic acids is 2. The summed E-state index contributed by atoms with van der Waals surface area (Å²) in [6, 6.07) is 1.99. The van der Waals surface area contributed by atoms with Crippen LogP contribution in [0.25, 0.3) is 0 Å². The quantitative estimate of drug-likeness (QED) is 0.779. The maximum absolute atomic E-state index is 12.6. The average Bonchev–Trinajstić information content (AvgIpc) is 2.41. The normalized spacial score (nSPS) is 11.6. The first-order valence-corrected chi connectivity index (χ1v) is 7.74. The van der Waals surface area contributed by atoms with E-state index in [2.05, 4.69) is 0 Å². The van der Waals surface area contributed by atoms with Crippen molar-refractivity contribution in [1.29, 1.82) is 0 Å². The second kappa shape index (κ2) is 7.15. The van der Waals surface area contributed by atoms with Gasteiger partial charge in [-0.25, -0.2) is 19.2 Å². The minimum atomic E-state index is -1.67. The summed E-state index contributed by atoms with van der Waals surface area (Å²) in [6.45, 7) is 9.46. The predicted octanol–water partition coefficient (Wildman–Crippen LogP) is 2.99. The Morgan fingerprint density at radius 1 is 0.692 bits per heavy atom. The van der Waals surface area contributed by atoms with Crippen molar-refractivity contribution in [2.75, 3.05) is 0 Å². The van der Waals surface area contributed by atoms with Gasteiger partial charge in [-0.3, -0.25) is 0 Å². The Labute approximate surface area is 150 Å². The van der Waals surface area contributed by atoms with Crippen LogP contribution >= 0.6 is 0 Å². The van der Waals surface area contributed by atoms with Crippen molar-refractivity contribution in [3.8, 4) is 0 Å². The van der Waals surface area contributed by atoms with E-state index in [1.807, 2.05) is 0 Å². The van der Waals surface area contributed by atoms with Gasteiger partial charge in [0, 0.05) is 0 Å². The number of ether oxygens (including phenoxy) is 2. The highest BCUT2D eigenvalue weighted by Gasteiger charge is 2.33. The lowest BCUT2D eigenvalue weighted by Crippen LogP contribution is -2.30. The maximum atomic E-state index is 12.6. The standard InChI is InChI=1S/C18H22O8/c1-17(2,3)25-15(23)10-8-7-9(13(19)20)11(14(21)22)12(10)16(24)26-18(4,5)6/h7-8H,1-6H3,(H,19,20)(H,21,22). The number of rotatable bonds is 4. The first kappa shape index (κ1) is 21.1. The fraction of sp³-hybridized carbons (Fsp3) is 0.444. The van der Waals surface area contributed by atoms with Crippen LogP contribution in [-0.4, -0.2) is 45.3 Å². The Morgan fingerprint density at radius 2 is 1.12 bits per heavy atom. The van der Waals surface area contributed by atoms with Gasteiger partial charge in [-0.05, 0) is 53.7 Å². The van der Waals surface area contributed by atoms with E-state index in [4.69, 9.17) is 9.47 Å². The van der Waals surface area contributed by atoms with E-state index in [0.29, 0.717) is 0 Å². The summed E-state index contributed by atoms with van der Waals surface area (Å²) in [5, 5.41) is 18.7. The monoisotopic (exact) mass is 366 g/mol. The summed E-state index contributed by atoms with van der Waals surface area (Å²) in [4.78, 5) is 48.0. The molecule has 0 saturated carbocycles. The van der Waals surface area contributed by atoms with Crippen LogP contribution in [0.15, 0.2) is 12.1 Å². The summed E-state index contributed by atoms with van der Waals surface area (Å²) in [7, 11) is 0. The highest BCUT2D eigenvalue weighted by atomic mass is 16.6. The molecule has 8 heteroatoms. The number of carbonyl (C=O) groups is 4. The molecular formula is C18H22O8. The molecule has 0 unspecified atom stereocenters. The number of carbonyl (C=O) groups excluding carboxylic acids is 2. The summed E-state index contributed by atoms with van der Waals surface area (Å²) in [5.74, 6) is -5.31. The Bertz CT molecular complexity index is 763. The minimum absolute atomic E-state index is 0.378. The third-order valence-corrected chi connectivity index (χ3v) is 2.87. The molecule has 0 heterocycles. The molecule has 0 aliphatic rings. The highest BCUT2D eigenvalue weighted by Crippen LogP contribution is 2.25. The predicted molar refractivity (Wildman–Crippen MR) is 90.7 cm³/mol. The van der Waals surface area contributed by atoms with Crippen molar-refractivity contribution in [2.45, 2.75) is 52.7 Å². The number of carboxylic acids is 2. The minimum Gasteiger partial charge on any atom is -0.478 e. The summed E-state index contributed by atoms with van der Waals surface area (Å²) >= 11 is 0. The molecule has 0 aliphatic heterocycles. The van der Waals surface area contributed by atoms with E-state index in [9.17, 15) is 29.4 Å². The molecule has 0 amide bonds. The van der Waals surface area contributed by atoms with Gasteiger partial charge < -0.3 is 19.7 Å². The van der Waals surface area contributed by atoms with Crippen molar-refractivity contribution < 1.29 is 38.9 Å². The van der Waals surface area contributed by atoms with Crippen molar-refractivity contribution in [1.82, 2.24) is 0 Å². The molecule has 0 radical (unpaired) electrons. The van der Waals surface area contributed by atoms with Crippen molar-refractivity contribution >= 4 is 23.9 Å². The van der Waals surface area contributed by atoms with E-state index < -0.39 is 51.8 Å². The lowest BCUT2D eigenvalue weighted by molar-refractivity contribution is 0.00167. The Morgan fingerprint density at radius 3 is 1.50 bits per heavy atom. The molecule has 2 N–H and O–H groups in total. The highest BCUT2D eigenvalue weighted by molar-refractivity contribution is 6.14. The van der Waals surface area contributed by atoms with Gasteiger partial charge in [-0.2, -0.15) is 0 Å². The zero-order valence-electron chi connectivity index (χ0n) is 15.5. The van der Waals surface area contributed by atoms with Crippen LogP contribution in [-0.2, 0) is 9.47 Å². The molecule has 1 rings (SSSR count). The van der Waals surface area contributed by atoms with Gasteiger partial charge in [0.2, 0.25) is 0 Å². The van der Waals surface area contributed by atoms with Crippen LogP contribution in [0, 0.1) is 0 Å². The SMILES string of the molecule is CC(C)(C)OC(=O)c1ccc(C(=O)O)c(C(=O)O)c1C(=O)OC(C)(C)C. The van der Waals surface area contributed by atoms with Gasteiger partial charge in [-0.15, -0.1) is 0 Å². The van der Waals surface area contributed by atoms with E-state index in [1.165, 1.54) is 0 Å². The third kappa shape index (κ3) is 5.30. The van der Waals surface area contributed by atoms with Crippen LogP contribution in [0.5, 0.6) is 0 Å². The van der Waals surface area contributed by atoms with Crippen molar-refractivity contribution in [3.63, 3.8) is 0 Å². The Hall–Kier alpha value is -2.90. The second-order valence-corrected chi connectivity index (χ2v) is 7.52. The van der Waals surface area contributed by atoms with Gasteiger partial charge in [0.1, 0.15) is 11.2 Å². The zero-order chi connectivity index (χ0) is 20.4. The Balaban J connectivity index is 3.73. The van der Waals surface area contributed by atoms with E-state index >= 15 is 0 Å².